The van der Waals surface area contributed by atoms with E-state index in [-0.39, 0.29) is 11.4 Å². The molecule has 2 aromatic carbocycles. The molecule has 0 amide bonds. The van der Waals surface area contributed by atoms with Gasteiger partial charge >= 0.3 is 5.97 Å². The maximum Gasteiger partial charge on any atom is 0.349 e. The van der Waals surface area contributed by atoms with E-state index < -0.39 is 23.3 Å². The summed E-state index contributed by atoms with van der Waals surface area (Å²) in [5.41, 5.74) is -0.181. The Balaban J connectivity index is 1.91. The van der Waals surface area contributed by atoms with Gasteiger partial charge in [0.25, 0.3) is 5.69 Å². The molecule has 0 N–H and O–H groups in total. The number of benzene rings is 2. The highest BCUT2D eigenvalue weighted by Gasteiger charge is 2.10. The molecule has 0 atom stereocenters. The molecule has 0 heterocycles. The number of non-ortho nitro benzene ring substituents is 1. The van der Waals surface area contributed by atoms with Crippen LogP contribution in [0.1, 0.15) is 0 Å². The van der Waals surface area contributed by atoms with Crippen molar-refractivity contribution in [2.24, 2.45) is 0 Å². The molecule has 0 aliphatic rings. The summed E-state index contributed by atoms with van der Waals surface area (Å²) in [6, 6.07) is 10.4. The molecule has 0 radical (unpaired) electrons. The van der Waals surface area contributed by atoms with E-state index in [4.69, 9.17) is 9.47 Å². The summed E-state index contributed by atoms with van der Waals surface area (Å²) in [5.74, 6) is -0.773. The number of carbonyl (C=O) groups is 1. The third-order valence-corrected chi connectivity index (χ3v) is 2.43. The molecule has 0 spiro atoms. The van der Waals surface area contributed by atoms with Crippen molar-refractivity contribution >= 4 is 11.7 Å². The number of hydrogen-bond acceptors (Lipinski definition) is 5. The Labute approximate surface area is 118 Å². The average molecular weight is 291 g/mol. The molecule has 0 saturated heterocycles. The highest BCUT2D eigenvalue weighted by Crippen LogP contribution is 2.19. The van der Waals surface area contributed by atoms with Gasteiger partial charge in [0.15, 0.2) is 6.61 Å². The van der Waals surface area contributed by atoms with Crippen LogP contribution in [-0.4, -0.2) is 17.5 Å². The lowest BCUT2D eigenvalue weighted by molar-refractivity contribution is -0.384. The van der Waals surface area contributed by atoms with Crippen LogP contribution in [0.15, 0.2) is 48.5 Å². The van der Waals surface area contributed by atoms with Crippen LogP contribution >= 0.6 is 0 Å². The van der Waals surface area contributed by atoms with Crippen LogP contribution in [0.2, 0.25) is 0 Å². The summed E-state index contributed by atoms with van der Waals surface area (Å²) in [4.78, 5) is 21.5. The number of carbonyl (C=O) groups excluding carboxylic acids is 1. The van der Waals surface area contributed by atoms with Crippen LogP contribution in [0.4, 0.5) is 10.1 Å². The molecule has 0 saturated carbocycles. The van der Waals surface area contributed by atoms with Crippen molar-refractivity contribution in [3.63, 3.8) is 0 Å². The van der Waals surface area contributed by atoms with E-state index in [9.17, 15) is 19.3 Å². The molecule has 108 valence electrons. The smallest absolute Gasteiger partial charge is 0.349 e. The molecule has 0 fully saturated rings. The van der Waals surface area contributed by atoms with E-state index >= 15 is 0 Å². The van der Waals surface area contributed by atoms with Gasteiger partial charge < -0.3 is 9.47 Å². The largest absolute Gasteiger partial charge is 0.482 e. The van der Waals surface area contributed by atoms with E-state index in [0.717, 1.165) is 6.07 Å². The third-order valence-electron chi connectivity index (χ3n) is 2.43. The molecule has 2 rings (SSSR count). The summed E-state index contributed by atoms with van der Waals surface area (Å²) in [7, 11) is 0. The topological polar surface area (TPSA) is 78.7 Å². The molecule has 0 bridgehead atoms. The Morgan fingerprint density at radius 1 is 1.14 bits per heavy atom. The molecule has 6 nitrogen and oxygen atoms in total. The second kappa shape index (κ2) is 6.47. The maximum absolute atomic E-state index is 12.7. The van der Waals surface area contributed by atoms with Gasteiger partial charge in [-0.15, -0.1) is 0 Å². The number of ether oxygens (including phenoxy) is 2. The van der Waals surface area contributed by atoms with Gasteiger partial charge in [-0.25, -0.2) is 9.18 Å². The quantitative estimate of drug-likeness (QED) is 0.366. The Kier molecular flexibility index (Phi) is 4.45. The first-order chi connectivity index (χ1) is 10.0. The van der Waals surface area contributed by atoms with E-state index in [0.29, 0.717) is 5.75 Å². The van der Waals surface area contributed by atoms with Crippen molar-refractivity contribution in [3.05, 3.63) is 64.5 Å². The predicted octanol–water partition coefficient (Wildman–Crippen LogP) is 2.72. The van der Waals surface area contributed by atoms with E-state index in [1.165, 1.54) is 42.5 Å². The van der Waals surface area contributed by atoms with Gasteiger partial charge in [0.05, 0.1) is 11.0 Å². The monoisotopic (exact) mass is 291 g/mol. The first-order valence-electron chi connectivity index (χ1n) is 5.88. The van der Waals surface area contributed by atoms with Crippen LogP contribution < -0.4 is 9.47 Å². The fraction of sp³-hybridized carbons (Fsp3) is 0.0714. The summed E-state index contributed by atoms with van der Waals surface area (Å²) in [6.45, 7) is -0.395. The average Bonchev–Trinajstić information content (AvgIpc) is 2.47. The SMILES string of the molecule is O=C(COc1ccc(F)cc1)Oc1cccc([N+](=O)[O-])c1. The summed E-state index contributed by atoms with van der Waals surface area (Å²) < 4.78 is 22.7. The van der Waals surface area contributed by atoms with Crippen LogP contribution in [0.25, 0.3) is 0 Å². The predicted molar refractivity (Wildman–Crippen MR) is 70.6 cm³/mol. The zero-order chi connectivity index (χ0) is 15.2. The summed E-state index contributed by atoms with van der Waals surface area (Å²) in [5, 5.41) is 10.6. The van der Waals surface area contributed by atoms with Gasteiger partial charge in [-0.05, 0) is 30.3 Å². The number of nitro groups is 1. The van der Waals surface area contributed by atoms with E-state index in [2.05, 4.69) is 0 Å². The van der Waals surface area contributed by atoms with Crippen LogP contribution in [0.3, 0.4) is 0 Å². The Hall–Kier alpha value is -2.96. The lowest BCUT2D eigenvalue weighted by atomic mass is 10.3. The number of rotatable bonds is 5. The fourth-order valence-electron chi connectivity index (χ4n) is 1.49. The standard InChI is InChI=1S/C14H10FNO5/c15-10-4-6-12(7-5-10)20-9-14(17)21-13-3-1-2-11(8-13)16(18)19/h1-8H,9H2. The van der Waals surface area contributed by atoms with Crippen molar-refractivity contribution in [1.29, 1.82) is 0 Å². The van der Waals surface area contributed by atoms with Crippen LogP contribution in [-0.2, 0) is 4.79 Å². The Bertz CT molecular complexity index is 657. The van der Waals surface area contributed by atoms with Gasteiger partial charge in [0, 0.05) is 6.07 Å². The molecular formula is C14H10FNO5. The summed E-state index contributed by atoms with van der Waals surface area (Å²) >= 11 is 0. The highest BCUT2D eigenvalue weighted by molar-refractivity contribution is 5.74. The molecule has 0 unspecified atom stereocenters. The number of nitrogens with zero attached hydrogens (tertiary/aromatic N) is 1. The minimum absolute atomic E-state index is 0.0527. The Morgan fingerprint density at radius 2 is 1.86 bits per heavy atom. The zero-order valence-electron chi connectivity index (χ0n) is 10.7. The van der Waals surface area contributed by atoms with Gasteiger partial charge in [0.1, 0.15) is 17.3 Å². The third kappa shape index (κ3) is 4.27. The van der Waals surface area contributed by atoms with Crippen molar-refractivity contribution in [2.75, 3.05) is 6.61 Å². The van der Waals surface area contributed by atoms with Gasteiger partial charge in [-0.3, -0.25) is 10.1 Å². The van der Waals surface area contributed by atoms with E-state index in [1.54, 1.807) is 0 Å². The van der Waals surface area contributed by atoms with E-state index in [1.807, 2.05) is 0 Å². The molecule has 7 heteroatoms. The molecular weight excluding hydrogens is 281 g/mol. The molecule has 0 aromatic heterocycles. The molecule has 2 aromatic rings. The van der Waals surface area contributed by atoms with Crippen LogP contribution in [0, 0.1) is 15.9 Å². The first-order valence-corrected chi connectivity index (χ1v) is 5.88. The fourth-order valence-corrected chi connectivity index (χ4v) is 1.49. The number of hydrogen-bond donors (Lipinski definition) is 0. The number of esters is 1. The first kappa shape index (κ1) is 14.4. The minimum Gasteiger partial charge on any atom is -0.482 e. The number of halogens is 1. The second-order valence-corrected chi connectivity index (χ2v) is 3.97. The molecule has 0 aliphatic heterocycles. The molecule has 0 aliphatic carbocycles. The van der Waals surface area contributed by atoms with Crippen molar-refractivity contribution in [3.8, 4) is 11.5 Å². The lowest BCUT2D eigenvalue weighted by Gasteiger charge is -2.06. The van der Waals surface area contributed by atoms with Gasteiger partial charge in [-0.2, -0.15) is 0 Å². The maximum atomic E-state index is 12.7. The number of nitro benzene ring substituents is 1. The zero-order valence-corrected chi connectivity index (χ0v) is 10.7. The minimum atomic E-state index is -0.722. The van der Waals surface area contributed by atoms with Crippen molar-refractivity contribution in [2.45, 2.75) is 0 Å². The Morgan fingerprint density at radius 3 is 2.52 bits per heavy atom. The highest BCUT2D eigenvalue weighted by atomic mass is 19.1. The molecule has 21 heavy (non-hydrogen) atoms. The van der Waals surface area contributed by atoms with Gasteiger partial charge in [-0.1, -0.05) is 6.07 Å². The van der Waals surface area contributed by atoms with Crippen molar-refractivity contribution < 1.29 is 23.6 Å². The van der Waals surface area contributed by atoms with Crippen molar-refractivity contribution in [1.82, 2.24) is 0 Å². The lowest BCUT2D eigenvalue weighted by Crippen LogP contribution is -2.17. The van der Waals surface area contributed by atoms with Crippen LogP contribution in [0.5, 0.6) is 11.5 Å². The second-order valence-electron chi connectivity index (χ2n) is 3.97. The normalized spacial score (nSPS) is 9.95. The summed E-state index contributed by atoms with van der Waals surface area (Å²) in [6.07, 6.45) is 0. The van der Waals surface area contributed by atoms with Gasteiger partial charge in [0.2, 0.25) is 0 Å².